The fraction of sp³-hybridized carbons (Fsp3) is 0.771. The minimum Gasteiger partial charge on any atom is -0.447 e. The van der Waals surface area contributed by atoms with Gasteiger partial charge in [0.25, 0.3) is 5.91 Å². The van der Waals surface area contributed by atoms with Gasteiger partial charge in [-0.3, -0.25) is 19.2 Å². The van der Waals surface area contributed by atoms with E-state index in [1.165, 1.54) is 11.0 Å². The van der Waals surface area contributed by atoms with Crippen LogP contribution in [0.25, 0.3) is 0 Å². The Balaban J connectivity index is 2.28. The summed E-state index contributed by atoms with van der Waals surface area (Å²) < 4.78 is 5.42. The van der Waals surface area contributed by atoms with Gasteiger partial charge in [0.1, 0.15) is 18.7 Å². The van der Waals surface area contributed by atoms with Crippen LogP contribution in [0.4, 0.5) is 9.59 Å². The molecule has 6 amide bonds. The average Bonchev–Trinajstić information content (AvgIpc) is 3.25. The number of alkyl carbamates (subject to hydrolysis) is 1. The van der Waals surface area contributed by atoms with Crippen molar-refractivity contribution < 1.29 is 33.5 Å². The summed E-state index contributed by atoms with van der Waals surface area (Å²) in [4.78, 5) is 80.9. The quantitative estimate of drug-likeness (QED) is 0.147. The van der Waals surface area contributed by atoms with E-state index in [0.29, 0.717) is 13.0 Å². The molecule has 2 unspecified atom stereocenters. The summed E-state index contributed by atoms with van der Waals surface area (Å²) in [5.41, 5.74) is -1.94. The van der Waals surface area contributed by atoms with Crippen LogP contribution in [0.15, 0.2) is 12.7 Å². The Bertz CT molecular complexity index is 1240. The average molecular weight is 677 g/mol. The van der Waals surface area contributed by atoms with E-state index in [2.05, 4.69) is 33.2 Å². The smallest absolute Gasteiger partial charge is 0.407 e. The summed E-state index contributed by atoms with van der Waals surface area (Å²) in [6.07, 6.45) is 1.65. The largest absolute Gasteiger partial charge is 0.447 e. The van der Waals surface area contributed by atoms with Crippen LogP contribution < -0.4 is 26.6 Å². The molecule has 2 aliphatic rings. The first-order valence-electron chi connectivity index (χ1n) is 16.9. The Labute approximate surface area is 286 Å². The van der Waals surface area contributed by atoms with Gasteiger partial charge in [-0.05, 0) is 55.3 Å². The van der Waals surface area contributed by atoms with Crippen LogP contribution >= 0.6 is 0 Å². The second-order valence-corrected chi connectivity index (χ2v) is 16.9. The molecular weight excluding hydrogens is 616 g/mol. The molecule has 1 aliphatic carbocycles. The molecule has 0 bridgehead atoms. The van der Waals surface area contributed by atoms with Crippen LogP contribution in [-0.4, -0.2) is 89.9 Å². The Morgan fingerprint density at radius 2 is 1.54 bits per heavy atom. The van der Waals surface area contributed by atoms with Gasteiger partial charge in [-0.25, -0.2) is 9.59 Å². The molecule has 272 valence electrons. The minimum atomic E-state index is -1.05. The van der Waals surface area contributed by atoms with Crippen LogP contribution in [0.5, 0.6) is 0 Å². The first-order chi connectivity index (χ1) is 21.9. The first-order valence-corrected chi connectivity index (χ1v) is 16.9. The maximum Gasteiger partial charge on any atom is 0.407 e. The highest BCUT2D eigenvalue weighted by Crippen LogP contribution is 2.65. The third kappa shape index (κ3) is 10.4. The summed E-state index contributed by atoms with van der Waals surface area (Å²) in [5, 5.41) is 13.7. The molecule has 1 heterocycles. The number of carbonyl (C=O) groups excluding carboxylic acids is 6. The van der Waals surface area contributed by atoms with Gasteiger partial charge in [-0.15, -0.1) is 6.58 Å². The molecule has 5 N–H and O–H groups in total. The summed E-state index contributed by atoms with van der Waals surface area (Å²) in [5.74, 6) is -2.58. The number of Topliss-reactive ketones (excluding diaryl/α,β-unsaturated/α-hetero) is 1. The number of ketones is 1. The van der Waals surface area contributed by atoms with Gasteiger partial charge in [0.05, 0.1) is 12.1 Å². The van der Waals surface area contributed by atoms with Crippen LogP contribution in [0.1, 0.15) is 95.9 Å². The van der Waals surface area contributed by atoms with Gasteiger partial charge >= 0.3 is 12.1 Å². The number of hydrogen-bond acceptors (Lipinski definition) is 7. The molecule has 6 atom stereocenters. The van der Waals surface area contributed by atoms with Crippen molar-refractivity contribution in [1.82, 2.24) is 31.5 Å². The highest BCUT2D eigenvalue weighted by Gasteiger charge is 2.70. The van der Waals surface area contributed by atoms with E-state index in [9.17, 15) is 28.8 Å². The molecule has 13 nitrogen and oxygen atoms in total. The molecule has 2 rings (SSSR count). The highest BCUT2D eigenvalue weighted by atomic mass is 16.5. The van der Waals surface area contributed by atoms with Crippen molar-refractivity contribution in [3.63, 3.8) is 0 Å². The Hall–Kier alpha value is -3.64. The van der Waals surface area contributed by atoms with Gasteiger partial charge in [0, 0.05) is 18.6 Å². The molecule has 2 fully saturated rings. The van der Waals surface area contributed by atoms with Crippen molar-refractivity contribution in [2.24, 2.45) is 28.1 Å². The van der Waals surface area contributed by atoms with Gasteiger partial charge in [0.2, 0.25) is 17.6 Å². The standard InChI is InChI=1S/C35H60N6O7/c1-14-16-21(25(42)28(44)36-17-15-2)37-27(43)24-23-20(35(23,12)13)18-41(24)29(45)26(33(6,7)8)39-30(46)38-22(32(3,4)5)19-48-31(47)40-34(9,10)11/h15,20-24,26H,2,14,16-19H2,1,3-13H3,(H,36,44)(H,37,43)(H,40,47)(H2,38,39,46)/t20-,21?,22+,23-,24?,26+/m0/s1. The lowest BCUT2D eigenvalue weighted by Gasteiger charge is -2.38. The Kier molecular flexibility index (Phi) is 12.9. The number of piperidine rings is 1. The van der Waals surface area contributed by atoms with E-state index in [-0.39, 0.29) is 36.8 Å². The summed E-state index contributed by atoms with van der Waals surface area (Å²) in [6.45, 7) is 26.5. The van der Waals surface area contributed by atoms with E-state index in [0.717, 1.165) is 0 Å². The fourth-order valence-electron chi connectivity index (χ4n) is 6.19. The zero-order chi connectivity index (χ0) is 37.0. The van der Waals surface area contributed by atoms with Crippen molar-refractivity contribution >= 4 is 35.6 Å². The summed E-state index contributed by atoms with van der Waals surface area (Å²) in [6, 6.07) is -4.15. The first kappa shape index (κ1) is 40.5. The zero-order valence-corrected chi connectivity index (χ0v) is 31.1. The molecule has 1 saturated heterocycles. The summed E-state index contributed by atoms with van der Waals surface area (Å²) >= 11 is 0. The minimum absolute atomic E-state index is 0.0597. The van der Waals surface area contributed by atoms with Crippen molar-refractivity contribution in [2.75, 3.05) is 19.7 Å². The zero-order valence-electron chi connectivity index (χ0n) is 31.1. The van der Waals surface area contributed by atoms with Crippen molar-refractivity contribution in [3.05, 3.63) is 12.7 Å². The maximum absolute atomic E-state index is 14.3. The number of amides is 6. The van der Waals surface area contributed by atoms with Gasteiger partial charge in [-0.2, -0.15) is 0 Å². The lowest BCUT2D eigenvalue weighted by Crippen LogP contribution is -2.62. The van der Waals surface area contributed by atoms with E-state index >= 15 is 0 Å². The second kappa shape index (κ2) is 15.3. The van der Waals surface area contributed by atoms with Crippen molar-refractivity contribution in [3.8, 4) is 0 Å². The molecule has 48 heavy (non-hydrogen) atoms. The molecule has 0 aromatic rings. The highest BCUT2D eigenvalue weighted by molar-refractivity contribution is 6.38. The molecule has 13 heteroatoms. The number of rotatable bonds is 13. The van der Waals surface area contributed by atoms with E-state index in [4.69, 9.17) is 4.74 Å². The maximum atomic E-state index is 14.3. The number of urea groups is 1. The van der Waals surface area contributed by atoms with Crippen LogP contribution in [0, 0.1) is 28.1 Å². The lowest BCUT2D eigenvalue weighted by molar-refractivity contribution is -0.145. The van der Waals surface area contributed by atoms with Gasteiger partial charge in [0.15, 0.2) is 0 Å². The van der Waals surface area contributed by atoms with Crippen molar-refractivity contribution in [2.45, 2.75) is 126 Å². The number of nitrogens with zero attached hydrogens (tertiary/aromatic N) is 1. The molecule has 1 saturated carbocycles. The number of fused-ring (bicyclic) bond motifs is 1. The van der Waals surface area contributed by atoms with E-state index in [1.807, 2.05) is 83.1 Å². The number of nitrogens with one attached hydrogen (secondary N) is 5. The normalized spacial score (nSPS) is 21.8. The number of hydrogen-bond donors (Lipinski definition) is 5. The summed E-state index contributed by atoms with van der Waals surface area (Å²) in [7, 11) is 0. The van der Waals surface area contributed by atoms with Crippen LogP contribution in [0.3, 0.4) is 0 Å². The predicted molar refractivity (Wildman–Crippen MR) is 184 cm³/mol. The molecule has 0 radical (unpaired) electrons. The third-order valence-electron chi connectivity index (χ3n) is 9.20. The predicted octanol–water partition coefficient (Wildman–Crippen LogP) is 3.28. The molecule has 0 aromatic carbocycles. The monoisotopic (exact) mass is 676 g/mol. The van der Waals surface area contributed by atoms with E-state index < -0.39 is 76.2 Å². The van der Waals surface area contributed by atoms with Crippen molar-refractivity contribution in [1.29, 1.82) is 0 Å². The Morgan fingerprint density at radius 1 is 0.938 bits per heavy atom. The fourth-order valence-corrected chi connectivity index (χ4v) is 6.19. The molecule has 0 spiro atoms. The number of carbonyl (C=O) groups is 6. The molecule has 0 aromatic heterocycles. The third-order valence-corrected chi connectivity index (χ3v) is 9.20. The number of likely N-dealkylation sites (tertiary alicyclic amines) is 1. The SMILES string of the molecule is C=CCNC(=O)C(=O)C(CCC)NC(=O)C1[C@@H]2[C@H](CN1C(=O)[C@@H](NC(=O)N[C@H](COC(=O)NC(C)(C)C)C(C)(C)C)C(C)(C)C)C2(C)C. The van der Waals surface area contributed by atoms with Crippen LogP contribution in [0.2, 0.25) is 0 Å². The lowest BCUT2D eigenvalue weighted by atomic mass is 9.85. The van der Waals surface area contributed by atoms with Gasteiger partial charge < -0.3 is 36.2 Å². The number of ether oxygens (including phenoxy) is 1. The molecular formula is C35H60N6O7. The topological polar surface area (TPSA) is 175 Å². The van der Waals surface area contributed by atoms with E-state index in [1.54, 1.807) is 0 Å². The van der Waals surface area contributed by atoms with Crippen LogP contribution in [-0.2, 0) is 23.9 Å². The molecule has 1 aliphatic heterocycles. The Morgan fingerprint density at radius 3 is 2.04 bits per heavy atom. The second-order valence-electron chi connectivity index (χ2n) is 16.9. The van der Waals surface area contributed by atoms with Gasteiger partial charge in [-0.1, -0.05) is 74.8 Å².